The lowest BCUT2D eigenvalue weighted by atomic mass is 9.82. The number of para-hydroxylation sites is 2. The van der Waals surface area contributed by atoms with Crippen LogP contribution < -0.4 is 9.80 Å². The number of anilines is 4. The van der Waals surface area contributed by atoms with Gasteiger partial charge in [0, 0.05) is 41.3 Å². The molecule has 0 unspecified atom stereocenters. The van der Waals surface area contributed by atoms with E-state index in [-0.39, 0.29) is 5.41 Å². The van der Waals surface area contributed by atoms with E-state index < -0.39 is 0 Å². The van der Waals surface area contributed by atoms with Crippen LogP contribution in [0.1, 0.15) is 48.9 Å². The quantitative estimate of drug-likeness (QED) is 0.160. The van der Waals surface area contributed by atoms with Crippen molar-refractivity contribution in [2.75, 3.05) is 22.9 Å². The van der Waals surface area contributed by atoms with Crippen LogP contribution in [0.3, 0.4) is 0 Å². The molecule has 0 saturated carbocycles. The average Bonchev–Trinajstić information content (AvgIpc) is 3.55. The highest BCUT2D eigenvalue weighted by Gasteiger charge is 2.35. The third-order valence-corrected chi connectivity index (χ3v) is 14.1. The summed E-state index contributed by atoms with van der Waals surface area (Å²) in [6.07, 6.45) is 4.54. The van der Waals surface area contributed by atoms with Gasteiger partial charge in [-0.15, -0.1) is 0 Å². The van der Waals surface area contributed by atoms with E-state index in [4.69, 9.17) is 0 Å². The Morgan fingerprint density at radius 1 is 0.377 bits per heavy atom. The van der Waals surface area contributed by atoms with Crippen molar-refractivity contribution in [1.29, 1.82) is 0 Å². The van der Waals surface area contributed by atoms with Crippen molar-refractivity contribution in [3.63, 3.8) is 0 Å². The van der Waals surface area contributed by atoms with Gasteiger partial charge in [-0.2, -0.15) is 0 Å². The van der Waals surface area contributed by atoms with Crippen molar-refractivity contribution in [2.24, 2.45) is 0 Å². The van der Waals surface area contributed by atoms with E-state index in [1.807, 2.05) is 0 Å². The Labute approximate surface area is 359 Å². The molecule has 2 heteroatoms. The van der Waals surface area contributed by atoms with Gasteiger partial charge in [0.05, 0.1) is 0 Å². The molecule has 2 nitrogen and oxygen atoms in total. The number of rotatable bonds is 5. The highest BCUT2D eigenvalue weighted by atomic mass is 15.1. The first kappa shape index (κ1) is 36.0. The lowest BCUT2D eigenvalue weighted by Gasteiger charge is -2.32. The van der Waals surface area contributed by atoms with Gasteiger partial charge in [0.2, 0.25) is 0 Å². The molecule has 2 heterocycles. The van der Waals surface area contributed by atoms with Gasteiger partial charge in [0.1, 0.15) is 0 Å². The summed E-state index contributed by atoms with van der Waals surface area (Å²) >= 11 is 0. The molecule has 2 aliphatic heterocycles. The van der Waals surface area contributed by atoms with E-state index in [9.17, 15) is 0 Å². The van der Waals surface area contributed by atoms with Gasteiger partial charge >= 0.3 is 0 Å². The lowest BCUT2D eigenvalue weighted by molar-refractivity contribution is 0.660. The van der Waals surface area contributed by atoms with E-state index in [0.717, 1.165) is 38.8 Å². The largest absolute Gasteiger partial charge is 0.341 e. The summed E-state index contributed by atoms with van der Waals surface area (Å²) in [5.41, 5.74) is 21.1. The summed E-state index contributed by atoms with van der Waals surface area (Å²) in [7, 11) is 0. The summed E-state index contributed by atoms with van der Waals surface area (Å²) in [5.74, 6) is 0. The molecule has 3 aliphatic rings. The van der Waals surface area contributed by atoms with Crippen LogP contribution in [-0.4, -0.2) is 13.1 Å². The minimum absolute atomic E-state index is 0.00524. The fourth-order valence-corrected chi connectivity index (χ4v) is 11.1. The Hall–Kier alpha value is -6.90. The van der Waals surface area contributed by atoms with Gasteiger partial charge in [-0.3, -0.25) is 0 Å². The summed E-state index contributed by atoms with van der Waals surface area (Å²) in [6, 6.07) is 69.0. The molecule has 0 N–H and O–H groups in total. The smallest absolute Gasteiger partial charge is 0.0443 e. The maximum atomic E-state index is 2.54. The Morgan fingerprint density at radius 3 is 1.49 bits per heavy atom. The molecular formula is C59H48N2. The summed E-state index contributed by atoms with van der Waals surface area (Å²) in [5, 5.41) is 5.13. The minimum atomic E-state index is -0.00524. The molecule has 12 rings (SSSR count). The van der Waals surface area contributed by atoms with Crippen LogP contribution in [0.25, 0.3) is 66.1 Å². The molecule has 0 atom stereocenters. The molecule has 61 heavy (non-hydrogen) atoms. The molecule has 9 aromatic carbocycles. The van der Waals surface area contributed by atoms with E-state index >= 15 is 0 Å². The van der Waals surface area contributed by atoms with Crippen molar-refractivity contribution in [1.82, 2.24) is 0 Å². The second-order valence-corrected chi connectivity index (χ2v) is 17.9. The number of hydrogen-bond donors (Lipinski definition) is 0. The zero-order valence-corrected chi connectivity index (χ0v) is 35.0. The van der Waals surface area contributed by atoms with Gasteiger partial charge in [0.15, 0.2) is 0 Å². The Balaban J connectivity index is 1.07. The summed E-state index contributed by atoms with van der Waals surface area (Å²) in [4.78, 5) is 5.08. The SMILES string of the molecule is CC1(C)c2ccccc2-c2cc(-c3ccc(-c4c5ccc(N6CCCc7ccccc76)cc5c(-c5ccccc5)c5ccc(N6CCCc7ccccc76)cc45)cc3)ccc21. The second-order valence-electron chi connectivity index (χ2n) is 17.9. The number of nitrogens with zero attached hydrogens (tertiary/aromatic N) is 2. The molecule has 0 fully saturated rings. The zero-order chi connectivity index (χ0) is 40.7. The third-order valence-electron chi connectivity index (χ3n) is 14.1. The highest BCUT2D eigenvalue weighted by molar-refractivity contribution is 6.22. The fourth-order valence-electron chi connectivity index (χ4n) is 11.1. The zero-order valence-electron chi connectivity index (χ0n) is 35.0. The Bertz CT molecular complexity index is 3170. The first-order valence-electron chi connectivity index (χ1n) is 22.2. The third kappa shape index (κ3) is 5.76. The van der Waals surface area contributed by atoms with Gasteiger partial charge in [0.25, 0.3) is 0 Å². The van der Waals surface area contributed by atoms with Crippen molar-refractivity contribution < 1.29 is 0 Å². The number of fused-ring (bicyclic) bond motifs is 7. The standard InChI is InChI=1S/C59H48N2/c1-59(2)53-21-9-8-20-47(53)50-36-44(28-33-54(50)59)39-24-26-43(27-25-39)58-49-32-30-45(60-34-12-18-40-14-6-10-22-55(40)60)37-51(49)57(42-16-4-3-5-17-42)48-31-29-46(38-52(48)58)61-35-13-19-41-15-7-11-23-56(41)61/h3-11,14-17,20-33,36-38H,12-13,18-19,34-35H2,1-2H3. The topological polar surface area (TPSA) is 6.48 Å². The highest BCUT2D eigenvalue weighted by Crippen LogP contribution is 2.51. The van der Waals surface area contributed by atoms with Crippen LogP contribution in [0.15, 0.2) is 182 Å². The first-order valence-corrected chi connectivity index (χ1v) is 22.2. The predicted octanol–water partition coefficient (Wildman–Crippen LogP) is 15.5. The maximum Gasteiger partial charge on any atom is 0.0443 e. The minimum Gasteiger partial charge on any atom is -0.341 e. The molecular weight excluding hydrogens is 737 g/mol. The summed E-state index contributed by atoms with van der Waals surface area (Å²) in [6.45, 7) is 6.73. The van der Waals surface area contributed by atoms with E-state index in [1.54, 1.807) is 0 Å². The van der Waals surface area contributed by atoms with Crippen LogP contribution in [0, 0.1) is 0 Å². The predicted molar refractivity (Wildman–Crippen MR) is 259 cm³/mol. The van der Waals surface area contributed by atoms with E-state index in [2.05, 4.69) is 206 Å². The molecule has 9 aromatic rings. The number of hydrogen-bond acceptors (Lipinski definition) is 2. The average molecular weight is 785 g/mol. The van der Waals surface area contributed by atoms with Crippen molar-refractivity contribution in [3.8, 4) is 44.5 Å². The van der Waals surface area contributed by atoms with Crippen LogP contribution in [0.2, 0.25) is 0 Å². The van der Waals surface area contributed by atoms with Crippen LogP contribution >= 0.6 is 0 Å². The molecule has 0 saturated heterocycles. The van der Waals surface area contributed by atoms with Gasteiger partial charge in [-0.1, -0.05) is 153 Å². The van der Waals surface area contributed by atoms with E-state index in [0.29, 0.717) is 0 Å². The molecule has 0 spiro atoms. The van der Waals surface area contributed by atoms with Crippen molar-refractivity contribution in [2.45, 2.75) is 44.9 Å². The normalized spacial score (nSPS) is 15.0. The Kier molecular flexibility index (Phi) is 8.32. The van der Waals surface area contributed by atoms with Gasteiger partial charge < -0.3 is 9.80 Å². The fraction of sp³-hybridized carbons (Fsp3) is 0.153. The number of aryl methyl sites for hydroxylation is 2. The molecule has 0 radical (unpaired) electrons. The maximum absolute atomic E-state index is 2.54. The van der Waals surface area contributed by atoms with Gasteiger partial charge in [-0.25, -0.2) is 0 Å². The first-order chi connectivity index (χ1) is 30.0. The molecule has 0 amide bonds. The lowest BCUT2D eigenvalue weighted by Crippen LogP contribution is -2.24. The summed E-state index contributed by atoms with van der Waals surface area (Å²) < 4.78 is 0. The molecule has 0 bridgehead atoms. The molecule has 0 aromatic heterocycles. The molecule has 294 valence electrons. The van der Waals surface area contributed by atoms with E-state index in [1.165, 1.54) is 111 Å². The molecule has 1 aliphatic carbocycles. The second kappa shape index (κ2) is 14.1. The van der Waals surface area contributed by atoms with Gasteiger partial charge in [-0.05, 0) is 156 Å². The number of benzene rings is 9. The van der Waals surface area contributed by atoms with Crippen LogP contribution in [0.4, 0.5) is 22.7 Å². The van der Waals surface area contributed by atoms with Crippen LogP contribution in [-0.2, 0) is 18.3 Å². The van der Waals surface area contributed by atoms with Crippen molar-refractivity contribution in [3.05, 3.63) is 204 Å². The van der Waals surface area contributed by atoms with Crippen LogP contribution in [0.5, 0.6) is 0 Å². The monoisotopic (exact) mass is 784 g/mol. The van der Waals surface area contributed by atoms with Crippen molar-refractivity contribution >= 4 is 44.3 Å². The Morgan fingerprint density at radius 2 is 0.869 bits per heavy atom.